The van der Waals surface area contributed by atoms with Crippen molar-refractivity contribution >= 4 is 0 Å². The van der Waals surface area contributed by atoms with Crippen molar-refractivity contribution in [3.05, 3.63) is 47.0 Å². The van der Waals surface area contributed by atoms with Crippen LogP contribution in [-0.4, -0.2) is 0 Å². The van der Waals surface area contributed by atoms with E-state index in [4.69, 9.17) is 5.26 Å². The Morgan fingerprint density at radius 2 is 1.47 bits per heavy atom. The summed E-state index contributed by atoms with van der Waals surface area (Å²) < 4.78 is 0. The molecule has 0 heterocycles. The Bertz CT molecular complexity index is 699. The second kappa shape index (κ2) is 14.6. The van der Waals surface area contributed by atoms with Gasteiger partial charge < -0.3 is 0 Å². The van der Waals surface area contributed by atoms with E-state index in [1.807, 2.05) is 12.1 Å². The average Bonchev–Trinajstić information content (AvgIpc) is 2.85. The van der Waals surface area contributed by atoms with E-state index in [1.54, 1.807) is 5.57 Å². The van der Waals surface area contributed by atoms with Crippen LogP contribution in [-0.2, 0) is 6.42 Å². The predicted octanol–water partition coefficient (Wildman–Crippen LogP) is 9.55. The van der Waals surface area contributed by atoms with Crippen LogP contribution in [0.2, 0.25) is 0 Å². The molecule has 0 radical (unpaired) electrons. The minimum absolute atomic E-state index is 0.765. The molecule has 1 fully saturated rings. The molecule has 1 unspecified atom stereocenters. The number of nitrogens with zero attached hydrogens (tertiary/aromatic N) is 1. The summed E-state index contributed by atoms with van der Waals surface area (Å²) in [6, 6.07) is 10.4. The van der Waals surface area contributed by atoms with Crippen molar-refractivity contribution in [2.75, 3.05) is 0 Å². The van der Waals surface area contributed by atoms with E-state index in [0.717, 1.165) is 29.7 Å². The maximum absolute atomic E-state index is 8.94. The fourth-order valence-corrected chi connectivity index (χ4v) is 6.13. The standard InChI is InChI=1S/C31H47N/c1-2-3-4-5-6-7-8-9-10-26-17-21-30(22-18-26)31-23-19-28(20-24-31)12-11-27-13-15-29(25-32)16-14-27/h13-16,19,26,30-31H,2-12,17-18,20-24H2,1H3. The van der Waals surface area contributed by atoms with E-state index in [9.17, 15) is 0 Å². The number of benzene rings is 1. The topological polar surface area (TPSA) is 23.8 Å². The smallest absolute Gasteiger partial charge is 0.0991 e. The largest absolute Gasteiger partial charge is 0.192 e. The first-order valence-corrected chi connectivity index (χ1v) is 14.0. The lowest BCUT2D eigenvalue weighted by Gasteiger charge is -2.35. The molecule has 0 N–H and O–H groups in total. The van der Waals surface area contributed by atoms with Gasteiger partial charge in [0.1, 0.15) is 0 Å². The normalized spacial score (nSPS) is 23.5. The summed E-state index contributed by atoms with van der Waals surface area (Å²) in [7, 11) is 0. The van der Waals surface area contributed by atoms with E-state index in [1.165, 1.54) is 115 Å². The Balaban J connectivity index is 1.25. The highest BCUT2D eigenvalue weighted by molar-refractivity contribution is 5.32. The number of unbranched alkanes of at least 4 members (excludes halogenated alkanes) is 7. The number of nitriles is 1. The maximum atomic E-state index is 8.94. The third-order valence-corrected chi connectivity index (χ3v) is 8.39. The molecule has 0 bridgehead atoms. The third kappa shape index (κ3) is 8.77. The van der Waals surface area contributed by atoms with E-state index in [-0.39, 0.29) is 0 Å². The summed E-state index contributed by atoms with van der Waals surface area (Å²) in [4.78, 5) is 0. The first-order chi connectivity index (χ1) is 15.8. The van der Waals surface area contributed by atoms with Crippen molar-refractivity contribution in [1.29, 1.82) is 5.26 Å². The molecular formula is C31H47N. The molecule has 3 rings (SSSR count). The van der Waals surface area contributed by atoms with Gasteiger partial charge in [-0.15, -0.1) is 0 Å². The summed E-state index contributed by atoms with van der Waals surface area (Å²) in [6.07, 6.45) is 28.1. The molecule has 1 nitrogen and oxygen atoms in total. The minimum Gasteiger partial charge on any atom is -0.192 e. The van der Waals surface area contributed by atoms with Crippen molar-refractivity contribution in [2.24, 2.45) is 17.8 Å². The molecule has 0 saturated heterocycles. The molecule has 1 aromatic carbocycles. The van der Waals surface area contributed by atoms with Gasteiger partial charge in [0.05, 0.1) is 11.6 Å². The first kappa shape index (κ1) is 25.1. The monoisotopic (exact) mass is 433 g/mol. The van der Waals surface area contributed by atoms with Gasteiger partial charge in [-0.2, -0.15) is 5.26 Å². The van der Waals surface area contributed by atoms with Crippen LogP contribution >= 0.6 is 0 Å². The van der Waals surface area contributed by atoms with Crippen LogP contribution < -0.4 is 0 Å². The molecule has 2 aliphatic carbocycles. The molecule has 2 aliphatic rings. The number of hydrogen-bond acceptors (Lipinski definition) is 1. The number of allylic oxidation sites excluding steroid dienone is 2. The Labute approximate surface area is 198 Å². The van der Waals surface area contributed by atoms with E-state index >= 15 is 0 Å². The fourth-order valence-electron chi connectivity index (χ4n) is 6.13. The molecule has 0 aromatic heterocycles. The Hall–Kier alpha value is -1.55. The van der Waals surface area contributed by atoms with Gasteiger partial charge in [0.2, 0.25) is 0 Å². The molecule has 0 aliphatic heterocycles. The van der Waals surface area contributed by atoms with Gasteiger partial charge in [0.25, 0.3) is 0 Å². The Morgan fingerprint density at radius 3 is 2.09 bits per heavy atom. The quantitative estimate of drug-likeness (QED) is 0.224. The zero-order chi connectivity index (χ0) is 22.4. The average molecular weight is 434 g/mol. The SMILES string of the molecule is CCCCCCCCCCC1CCC(C2CC=C(CCc3ccc(C#N)cc3)CC2)CC1. The molecule has 1 aromatic rings. The van der Waals surface area contributed by atoms with Gasteiger partial charge >= 0.3 is 0 Å². The van der Waals surface area contributed by atoms with Crippen LogP contribution in [0.5, 0.6) is 0 Å². The highest BCUT2D eigenvalue weighted by atomic mass is 14.3. The highest BCUT2D eigenvalue weighted by Crippen LogP contribution is 2.41. The van der Waals surface area contributed by atoms with Crippen LogP contribution in [0, 0.1) is 29.1 Å². The van der Waals surface area contributed by atoms with Crippen LogP contribution in [0.1, 0.15) is 127 Å². The van der Waals surface area contributed by atoms with Crippen LogP contribution in [0.3, 0.4) is 0 Å². The summed E-state index contributed by atoms with van der Waals surface area (Å²) in [6.45, 7) is 2.30. The van der Waals surface area contributed by atoms with Gasteiger partial charge in [0.15, 0.2) is 0 Å². The molecule has 1 atom stereocenters. The summed E-state index contributed by atoms with van der Waals surface area (Å²) >= 11 is 0. The zero-order valence-electron chi connectivity index (χ0n) is 20.8. The molecule has 1 heteroatoms. The van der Waals surface area contributed by atoms with Gasteiger partial charge in [-0.25, -0.2) is 0 Å². The van der Waals surface area contributed by atoms with E-state index < -0.39 is 0 Å². The lowest BCUT2D eigenvalue weighted by Crippen LogP contribution is -2.23. The van der Waals surface area contributed by atoms with Crippen LogP contribution in [0.4, 0.5) is 0 Å². The Kier molecular flexibility index (Phi) is 11.4. The van der Waals surface area contributed by atoms with Gasteiger partial charge in [-0.3, -0.25) is 0 Å². The fraction of sp³-hybridized carbons (Fsp3) is 0.710. The molecule has 0 amide bonds. The molecule has 32 heavy (non-hydrogen) atoms. The summed E-state index contributed by atoms with van der Waals surface area (Å²) in [5.74, 6) is 2.99. The van der Waals surface area contributed by atoms with Crippen molar-refractivity contribution in [3.8, 4) is 6.07 Å². The minimum atomic E-state index is 0.765. The van der Waals surface area contributed by atoms with Crippen LogP contribution in [0.25, 0.3) is 0 Å². The van der Waals surface area contributed by atoms with Crippen molar-refractivity contribution < 1.29 is 0 Å². The molecular weight excluding hydrogens is 386 g/mol. The zero-order valence-corrected chi connectivity index (χ0v) is 20.8. The lowest BCUT2D eigenvalue weighted by atomic mass is 9.70. The first-order valence-electron chi connectivity index (χ1n) is 14.0. The second-order valence-corrected chi connectivity index (χ2v) is 10.7. The number of aryl methyl sites for hydroxylation is 1. The molecule has 176 valence electrons. The van der Waals surface area contributed by atoms with Gasteiger partial charge in [-0.1, -0.05) is 101 Å². The van der Waals surface area contributed by atoms with E-state index in [0.29, 0.717) is 0 Å². The molecule has 0 spiro atoms. The number of hydrogen-bond donors (Lipinski definition) is 0. The Morgan fingerprint density at radius 1 is 0.781 bits per heavy atom. The second-order valence-electron chi connectivity index (χ2n) is 10.7. The highest BCUT2D eigenvalue weighted by Gasteiger charge is 2.28. The maximum Gasteiger partial charge on any atom is 0.0991 e. The van der Waals surface area contributed by atoms with E-state index in [2.05, 4.69) is 31.2 Å². The van der Waals surface area contributed by atoms with Gasteiger partial charge in [-0.05, 0) is 80.4 Å². The summed E-state index contributed by atoms with van der Waals surface area (Å²) in [5.41, 5.74) is 3.80. The molecule has 1 saturated carbocycles. The van der Waals surface area contributed by atoms with Crippen molar-refractivity contribution in [2.45, 2.75) is 122 Å². The lowest BCUT2D eigenvalue weighted by molar-refractivity contribution is 0.185. The third-order valence-electron chi connectivity index (χ3n) is 8.39. The van der Waals surface area contributed by atoms with Gasteiger partial charge in [0, 0.05) is 0 Å². The van der Waals surface area contributed by atoms with Crippen LogP contribution in [0.15, 0.2) is 35.9 Å². The van der Waals surface area contributed by atoms with Crippen molar-refractivity contribution in [3.63, 3.8) is 0 Å². The number of rotatable bonds is 13. The predicted molar refractivity (Wildman–Crippen MR) is 138 cm³/mol. The summed E-state index contributed by atoms with van der Waals surface area (Å²) in [5, 5.41) is 8.94. The van der Waals surface area contributed by atoms with Crippen molar-refractivity contribution in [1.82, 2.24) is 0 Å².